The second-order valence-electron chi connectivity index (χ2n) is 5.09. The molecule has 0 aliphatic carbocycles. The zero-order chi connectivity index (χ0) is 20.0. The van der Waals surface area contributed by atoms with Crippen molar-refractivity contribution in [2.75, 3.05) is 14.2 Å². The fraction of sp³-hybridized carbons (Fsp3) is 0.105. The van der Waals surface area contributed by atoms with E-state index in [1.165, 1.54) is 50.6 Å². The lowest BCUT2D eigenvalue weighted by Gasteiger charge is -2.11. The molecule has 8 heteroatoms. The van der Waals surface area contributed by atoms with Crippen molar-refractivity contribution in [3.05, 3.63) is 63.1 Å². The molecule has 0 spiro atoms. The molecule has 2 rings (SSSR count). The van der Waals surface area contributed by atoms with Crippen molar-refractivity contribution in [2.24, 2.45) is 0 Å². The van der Waals surface area contributed by atoms with Crippen LogP contribution in [0.3, 0.4) is 0 Å². The molecule has 0 amide bonds. The predicted octanol–water partition coefficient (Wildman–Crippen LogP) is 4.30. The van der Waals surface area contributed by atoms with Crippen LogP contribution < -0.4 is 9.47 Å². The third-order valence-electron chi connectivity index (χ3n) is 3.38. The van der Waals surface area contributed by atoms with Gasteiger partial charge in [-0.3, -0.25) is 0 Å². The highest BCUT2D eigenvalue weighted by Crippen LogP contribution is 2.31. The fourth-order valence-corrected chi connectivity index (χ4v) is 2.57. The van der Waals surface area contributed by atoms with E-state index >= 15 is 0 Å². The Hall–Kier alpha value is -3.01. The van der Waals surface area contributed by atoms with Crippen LogP contribution in [0.15, 0.2) is 42.0 Å². The lowest BCUT2D eigenvalue weighted by atomic mass is 10.1. The second kappa shape index (κ2) is 9.08. The van der Waals surface area contributed by atoms with Gasteiger partial charge in [0.05, 0.1) is 24.8 Å². The zero-order valence-corrected chi connectivity index (χ0v) is 15.8. The first-order valence-corrected chi connectivity index (χ1v) is 8.20. The molecular formula is C19H13Cl2NO5. The van der Waals surface area contributed by atoms with Gasteiger partial charge in [0.2, 0.25) is 0 Å². The minimum Gasteiger partial charge on any atom is -0.493 e. The summed E-state index contributed by atoms with van der Waals surface area (Å²) in [5, 5.41) is 9.57. The second-order valence-corrected chi connectivity index (χ2v) is 5.93. The molecule has 0 aliphatic heterocycles. The molecule has 0 aromatic heterocycles. The Kier molecular flexibility index (Phi) is 6.83. The molecule has 0 bridgehead atoms. The van der Waals surface area contributed by atoms with Crippen LogP contribution >= 0.6 is 23.2 Å². The van der Waals surface area contributed by atoms with Gasteiger partial charge in [-0.25, -0.2) is 9.59 Å². The number of hydrogen-bond donors (Lipinski definition) is 0. The first-order valence-electron chi connectivity index (χ1n) is 7.45. The van der Waals surface area contributed by atoms with Crippen molar-refractivity contribution in [2.45, 2.75) is 0 Å². The molecule has 138 valence electrons. The number of carbonyl (C=O) groups is 2. The first kappa shape index (κ1) is 20.3. The van der Waals surface area contributed by atoms with Crippen molar-refractivity contribution in [3.8, 4) is 17.6 Å². The molecule has 0 saturated heterocycles. The smallest absolute Gasteiger partial charge is 0.348 e. The Bertz CT molecular complexity index is 963. The van der Waals surface area contributed by atoms with Gasteiger partial charge in [-0.2, -0.15) is 5.26 Å². The van der Waals surface area contributed by atoms with Crippen LogP contribution in [0.1, 0.15) is 15.9 Å². The average Bonchev–Trinajstić information content (AvgIpc) is 2.66. The first-order chi connectivity index (χ1) is 12.9. The molecule has 0 N–H and O–H groups in total. The molecule has 0 radical (unpaired) electrons. The van der Waals surface area contributed by atoms with Crippen LogP contribution in [0.2, 0.25) is 10.0 Å². The van der Waals surface area contributed by atoms with E-state index in [1.54, 1.807) is 12.1 Å². The normalized spacial score (nSPS) is 10.7. The molecule has 0 atom stereocenters. The molecule has 0 heterocycles. The Morgan fingerprint density at radius 1 is 1.07 bits per heavy atom. The van der Waals surface area contributed by atoms with Gasteiger partial charge in [0.1, 0.15) is 11.6 Å². The van der Waals surface area contributed by atoms with Crippen molar-refractivity contribution < 1.29 is 23.8 Å². The molecule has 2 aromatic rings. The lowest BCUT2D eigenvalue weighted by molar-refractivity contribution is -0.135. The SMILES string of the molecule is COC(=O)/C(C#N)=C/c1ccc(OC(=O)c2ccc(Cl)cc2Cl)c(OC)c1. The van der Waals surface area contributed by atoms with Gasteiger partial charge in [-0.15, -0.1) is 0 Å². The van der Waals surface area contributed by atoms with Crippen LogP contribution in [0.25, 0.3) is 6.08 Å². The summed E-state index contributed by atoms with van der Waals surface area (Å²) in [7, 11) is 2.57. The van der Waals surface area contributed by atoms with E-state index in [9.17, 15) is 9.59 Å². The van der Waals surface area contributed by atoms with Gasteiger partial charge < -0.3 is 14.2 Å². The number of methoxy groups -OCH3 is 2. The highest BCUT2D eigenvalue weighted by Gasteiger charge is 2.16. The van der Waals surface area contributed by atoms with Gasteiger partial charge in [0.15, 0.2) is 11.5 Å². The molecular weight excluding hydrogens is 393 g/mol. The summed E-state index contributed by atoms with van der Waals surface area (Å²) >= 11 is 11.8. The monoisotopic (exact) mass is 405 g/mol. The topological polar surface area (TPSA) is 85.6 Å². The Morgan fingerprint density at radius 2 is 1.81 bits per heavy atom. The molecule has 6 nitrogen and oxygen atoms in total. The summed E-state index contributed by atoms with van der Waals surface area (Å²) in [5.74, 6) is -1.08. The van der Waals surface area contributed by atoms with E-state index < -0.39 is 11.9 Å². The maximum absolute atomic E-state index is 12.3. The molecule has 2 aromatic carbocycles. The summed E-state index contributed by atoms with van der Waals surface area (Å²) in [6, 6.07) is 10.7. The number of esters is 2. The number of halogens is 2. The maximum atomic E-state index is 12.3. The van der Waals surface area contributed by atoms with Gasteiger partial charge in [-0.05, 0) is 42.0 Å². The van der Waals surface area contributed by atoms with Crippen LogP contribution in [0.4, 0.5) is 0 Å². The zero-order valence-electron chi connectivity index (χ0n) is 14.3. The third-order valence-corrected chi connectivity index (χ3v) is 3.93. The van der Waals surface area contributed by atoms with Crippen LogP contribution in [-0.2, 0) is 9.53 Å². The van der Waals surface area contributed by atoms with Gasteiger partial charge in [-0.1, -0.05) is 29.3 Å². The summed E-state index contributed by atoms with van der Waals surface area (Å²) < 4.78 is 15.1. The Labute approximate surface area is 165 Å². The molecule has 27 heavy (non-hydrogen) atoms. The van der Waals surface area contributed by atoms with E-state index in [0.29, 0.717) is 10.6 Å². The Balaban J connectivity index is 2.31. The number of carbonyl (C=O) groups excluding carboxylic acids is 2. The fourth-order valence-electron chi connectivity index (χ4n) is 2.08. The van der Waals surface area contributed by atoms with Crippen LogP contribution in [0, 0.1) is 11.3 Å². The summed E-state index contributed by atoms with van der Waals surface area (Å²) in [4.78, 5) is 23.8. The molecule has 0 unspecified atom stereocenters. The van der Waals surface area contributed by atoms with E-state index in [4.69, 9.17) is 37.9 Å². The minimum atomic E-state index is -0.760. The summed E-state index contributed by atoms with van der Waals surface area (Å²) in [6.07, 6.45) is 1.33. The Morgan fingerprint density at radius 3 is 2.41 bits per heavy atom. The number of benzene rings is 2. The number of hydrogen-bond acceptors (Lipinski definition) is 6. The van der Waals surface area contributed by atoms with Crippen LogP contribution in [-0.4, -0.2) is 26.2 Å². The molecule has 0 aliphatic rings. The number of nitriles is 1. The van der Waals surface area contributed by atoms with Crippen molar-refractivity contribution in [1.82, 2.24) is 0 Å². The minimum absolute atomic E-state index is 0.141. The highest BCUT2D eigenvalue weighted by atomic mass is 35.5. The van der Waals surface area contributed by atoms with E-state index in [2.05, 4.69) is 4.74 Å². The van der Waals surface area contributed by atoms with Crippen molar-refractivity contribution in [3.63, 3.8) is 0 Å². The van der Waals surface area contributed by atoms with Crippen molar-refractivity contribution >= 4 is 41.2 Å². The van der Waals surface area contributed by atoms with E-state index in [0.717, 1.165) is 0 Å². The maximum Gasteiger partial charge on any atom is 0.348 e. The van der Waals surface area contributed by atoms with Gasteiger partial charge in [0, 0.05) is 5.02 Å². The van der Waals surface area contributed by atoms with Crippen LogP contribution in [0.5, 0.6) is 11.5 Å². The largest absolute Gasteiger partial charge is 0.493 e. The standard InChI is InChI=1S/C19H13Cl2NO5/c1-25-17-8-11(7-12(10-22)18(23)26-2)3-6-16(17)27-19(24)14-5-4-13(20)9-15(14)21/h3-9H,1-2H3/b12-7+. The molecule has 0 fully saturated rings. The molecule has 0 saturated carbocycles. The van der Waals surface area contributed by atoms with Gasteiger partial charge in [0.25, 0.3) is 0 Å². The average molecular weight is 406 g/mol. The summed E-state index contributed by atoms with van der Waals surface area (Å²) in [6.45, 7) is 0. The van der Waals surface area contributed by atoms with E-state index in [-0.39, 0.29) is 27.7 Å². The quantitative estimate of drug-likeness (QED) is 0.319. The summed E-state index contributed by atoms with van der Waals surface area (Å²) in [5.41, 5.74) is 0.444. The number of nitrogens with zero attached hydrogens (tertiary/aromatic N) is 1. The predicted molar refractivity (Wildman–Crippen MR) is 100 cm³/mol. The van der Waals surface area contributed by atoms with Gasteiger partial charge >= 0.3 is 11.9 Å². The van der Waals surface area contributed by atoms with Crippen molar-refractivity contribution in [1.29, 1.82) is 5.26 Å². The highest BCUT2D eigenvalue weighted by molar-refractivity contribution is 6.36. The number of ether oxygens (including phenoxy) is 3. The van der Waals surface area contributed by atoms with E-state index in [1.807, 2.05) is 0 Å². The lowest BCUT2D eigenvalue weighted by Crippen LogP contribution is -2.10. The number of rotatable bonds is 5. The third kappa shape index (κ3) is 5.00.